The predicted octanol–water partition coefficient (Wildman–Crippen LogP) is 2.14. The van der Waals surface area contributed by atoms with Crippen LogP contribution >= 0.6 is 11.6 Å². The Morgan fingerprint density at radius 3 is 2.54 bits per heavy atom. The highest BCUT2D eigenvalue weighted by Crippen LogP contribution is 2.20. The average molecular weight is 348 g/mol. The molecule has 0 aliphatic carbocycles. The van der Waals surface area contributed by atoms with Crippen molar-refractivity contribution in [1.82, 2.24) is 5.43 Å². The van der Waals surface area contributed by atoms with Crippen molar-refractivity contribution in [2.75, 3.05) is 12.4 Å². The number of nitrogens with zero attached hydrogens (tertiary/aromatic N) is 1. The number of benzene rings is 2. The van der Waals surface area contributed by atoms with Crippen molar-refractivity contribution in [3.8, 4) is 11.5 Å². The summed E-state index contributed by atoms with van der Waals surface area (Å²) in [4.78, 5) is 23.4. The Morgan fingerprint density at radius 2 is 1.88 bits per heavy atom. The van der Waals surface area contributed by atoms with Gasteiger partial charge in [0.05, 0.1) is 13.3 Å². The number of hydrazone groups is 1. The number of phenolic OH excluding ortho intramolecular Hbond substituents is 1. The van der Waals surface area contributed by atoms with E-state index in [1.54, 1.807) is 30.3 Å². The lowest BCUT2D eigenvalue weighted by atomic mass is 10.2. The Labute approximate surface area is 142 Å². The summed E-state index contributed by atoms with van der Waals surface area (Å²) in [5.74, 6) is -1.37. The highest BCUT2D eigenvalue weighted by molar-refractivity contribution is 6.39. The van der Waals surface area contributed by atoms with Crippen molar-refractivity contribution in [3.63, 3.8) is 0 Å². The maximum atomic E-state index is 11.7. The summed E-state index contributed by atoms with van der Waals surface area (Å²) in [7, 11) is 1.48. The molecule has 0 spiro atoms. The summed E-state index contributed by atoms with van der Waals surface area (Å²) in [6.45, 7) is 0. The molecule has 0 heterocycles. The van der Waals surface area contributed by atoms with Crippen molar-refractivity contribution in [2.24, 2.45) is 5.10 Å². The van der Waals surface area contributed by atoms with E-state index in [1.165, 1.54) is 25.5 Å². The first kappa shape index (κ1) is 17.3. The average Bonchev–Trinajstić information content (AvgIpc) is 2.58. The maximum absolute atomic E-state index is 11.7. The Balaban J connectivity index is 1.94. The van der Waals surface area contributed by atoms with Gasteiger partial charge in [0.25, 0.3) is 0 Å². The third-order valence-electron chi connectivity index (χ3n) is 2.91. The van der Waals surface area contributed by atoms with E-state index < -0.39 is 11.8 Å². The minimum absolute atomic E-state index is 0.0422. The normalized spacial score (nSPS) is 10.4. The molecule has 0 aromatic heterocycles. The van der Waals surface area contributed by atoms with E-state index in [4.69, 9.17) is 16.3 Å². The van der Waals surface area contributed by atoms with E-state index in [0.717, 1.165) is 0 Å². The van der Waals surface area contributed by atoms with Crippen molar-refractivity contribution < 1.29 is 19.4 Å². The summed E-state index contributed by atoms with van der Waals surface area (Å²) >= 11 is 5.73. The number of anilines is 1. The van der Waals surface area contributed by atoms with Crippen LogP contribution in [0.3, 0.4) is 0 Å². The molecule has 0 aliphatic heterocycles. The number of rotatable bonds is 4. The van der Waals surface area contributed by atoms with E-state index in [9.17, 15) is 14.7 Å². The Morgan fingerprint density at radius 1 is 1.17 bits per heavy atom. The van der Waals surface area contributed by atoms with Gasteiger partial charge < -0.3 is 15.2 Å². The first-order chi connectivity index (χ1) is 11.5. The number of methoxy groups -OCH3 is 1. The predicted molar refractivity (Wildman–Crippen MR) is 90.5 cm³/mol. The standard InChI is InChI=1S/C16H14ClN3O4/c1-24-13-6-7-14(21)10(8-13)9-18-20-16(23)15(22)19-12-4-2-11(17)3-5-12/h2-9,21H,1H3,(H,19,22)(H,20,23)/b18-9-. The molecule has 2 aromatic rings. The summed E-state index contributed by atoms with van der Waals surface area (Å²) in [5.41, 5.74) is 2.82. The van der Waals surface area contributed by atoms with Crippen LogP contribution in [0.25, 0.3) is 0 Å². The molecule has 0 fully saturated rings. The molecular formula is C16H14ClN3O4. The van der Waals surface area contributed by atoms with Crippen LogP contribution < -0.4 is 15.5 Å². The highest BCUT2D eigenvalue weighted by Gasteiger charge is 2.12. The van der Waals surface area contributed by atoms with Gasteiger partial charge in [-0.1, -0.05) is 11.6 Å². The van der Waals surface area contributed by atoms with Crippen LogP contribution in [0, 0.1) is 0 Å². The number of carbonyl (C=O) groups excluding carboxylic acids is 2. The summed E-state index contributed by atoms with van der Waals surface area (Å²) in [6, 6.07) is 10.8. The van der Waals surface area contributed by atoms with Crippen LogP contribution in [0.4, 0.5) is 5.69 Å². The third-order valence-corrected chi connectivity index (χ3v) is 3.16. The number of halogens is 1. The van der Waals surface area contributed by atoms with Gasteiger partial charge in [-0.25, -0.2) is 5.43 Å². The largest absolute Gasteiger partial charge is 0.507 e. The lowest BCUT2D eigenvalue weighted by Gasteiger charge is -2.04. The van der Waals surface area contributed by atoms with Gasteiger partial charge in [0.15, 0.2) is 0 Å². The fourth-order valence-electron chi connectivity index (χ4n) is 1.70. The number of hydrogen-bond acceptors (Lipinski definition) is 5. The number of aromatic hydroxyl groups is 1. The van der Waals surface area contributed by atoms with E-state index in [0.29, 0.717) is 22.0 Å². The quantitative estimate of drug-likeness (QED) is 0.448. The molecule has 0 saturated heterocycles. The van der Waals surface area contributed by atoms with Gasteiger partial charge in [0, 0.05) is 16.3 Å². The minimum atomic E-state index is -0.955. The Hall–Kier alpha value is -3.06. The molecule has 0 atom stereocenters. The summed E-state index contributed by atoms with van der Waals surface area (Å²) in [6.07, 6.45) is 1.20. The molecule has 0 aliphatic rings. The number of phenols is 1. The molecule has 124 valence electrons. The zero-order valence-electron chi connectivity index (χ0n) is 12.6. The monoisotopic (exact) mass is 347 g/mol. The highest BCUT2D eigenvalue weighted by atomic mass is 35.5. The van der Waals surface area contributed by atoms with Gasteiger partial charge >= 0.3 is 11.8 Å². The van der Waals surface area contributed by atoms with Crippen molar-refractivity contribution >= 4 is 35.3 Å². The van der Waals surface area contributed by atoms with Crippen LogP contribution in [-0.2, 0) is 9.59 Å². The van der Waals surface area contributed by atoms with Gasteiger partial charge in [0.1, 0.15) is 11.5 Å². The van der Waals surface area contributed by atoms with Crippen molar-refractivity contribution in [2.45, 2.75) is 0 Å². The number of carbonyl (C=O) groups is 2. The van der Waals surface area contributed by atoms with Gasteiger partial charge in [-0.3, -0.25) is 9.59 Å². The van der Waals surface area contributed by atoms with Crippen LogP contribution in [0.2, 0.25) is 5.02 Å². The van der Waals surface area contributed by atoms with Crippen LogP contribution in [0.15, 0.2) is 47.6 Å². The topological polar surface area (TPSA) is 100 Å². The third kappa shape index (κ3) is 4.72. The summed E-state index contributed by atoms with van der Waals surface area (Å²) in [5, 5.41) is 16.2. The van der Waals surface area contributed by atoms with Crippen LogP contribution in [-0.4, -0.2) is 30.2 Å². The second-order valence-electron chi connectivity index (χ2n) is 4.58. The molecular weight excluding hydrogens is 334 g/mol. The zero-order valence-corrected chi connectivity index (χ0v) is 13.4. The lowest BCUT2D eigenvalue weighted by molar-refractivity contribution is -0.136. The Bertz CT molecular complexity index is 775. The summed E-state index contributed by atoms with van der Waals surface area (Å²) < 4.78 is 5.02. The maximum Gasteiger partial charge on any atom is 0.329 e. The Kier molecular flexibility index (Phi) is 5.75. The van der Waals surface area contributed by atoms with E-state index in [2.05, 4.69) is 15.8 Å². The molecule has 8 heteroatoms. The van der Waals surface area contributed by atoms with E-state index in [1.807, 2.05) is 0 Å². The second-order valence-corrected chi connectivity index (χ2v) is 5.02. The van der Waals surface area contributed by atoms with E-state index in [-0.39, 0.29) is 5.75 Å². The molecule has 0 saturated carbocycles. The van der Waals surface area contributed by atoms with Gasteiger partial charge in [-0.05, 0) is 42.5 Å². The number of ether oxygens (including phenoxy) is 1. The van der Waals surface area contributed by atoms with Crippen LogP contribution in [0.1, 0.15) is 5.56 Å². The molecule has 0 bridgehead atoms. The molecule has 3 N–H and O–H groups in total. The fraction of sp³-hybridized carbons (Fsp3) is 0.0625. The smallest absolute Gasteiger partial charge is 0.329 e. The first-order valence-electron chi connectivity index (χ1n) is 6.76. The van der Waals surface area contributed by atoms with Gasteiger partial charge in [-0.2, -0.15) is 5.10 Å². The van der Waals surface area contributed by atoms with Gasteiger partial charge in [-0.15, -0.1) is 0 Å². The van der Waals surface area contributed by atoms with Crippen molar-refractivity contribution in [3.05, 3.63) is 53.1 Å². The second kappa shape index (κ2) is 7.98. The van der Waals surface area contributed by atoms with Crippen molar-refractivity contribution in [1.29, 1.82) is 0 Å². The number of nitrogens with one attached hydrogen (secondary N) is 2. The molecule has 7 nitrogen and oxygen atoms in total. The van der Waals surface area contributed by atoms with E-state index >= 15 is 0 Å². The molecule has 24 heavy (non-hydrogen) atoms. The minimum Gasteiger partial charge on any atom is -0.507 e. The molecule has 2 rings (SSSR count). The van der Waals surface area contributed by atoms with Crippen LogP contribution in [0.5, 0.6) is 11.5 Å². The lowest BCUT2D eigenvalue weighted by Crippen LogP contribution is -2.32. The SMILES string of the molecule is COc1ccc(O)c(/C=N\NC(=O)C(=O)Nc2ccc(Cl)cc2)c1. The zero-order chi connectivity index (χ0) is 17.5. The number of hydrogen-bond donors (Lipinski definition) is 3. The number of amides is 2. The first-order valence-corrected chi connectivity index (χ1v) is 7.14. The molecule has 2 aromatic carbocycles. The fourth-order valence-corrected chi connectivity index (χ4v) is 1.82. The molecule has 0 radical (unpaired) electrons. The van der Waals surface area contributed by atoms with Gasteiger partial charge in [0.2, 0.25) is 0 Å². The molecule has 0 unspecified atom stereocenters. The molecule has 2 amide bonds.